The van der Waals surface area contributed by atoms with Crippen LogP contribution in [0.2, 0.25) is 0 Å². The van der Waals surface area contributed by atoms with Crippen molar-refractivity contribution in [2.75, 3.05) is 25.2 Å². The van der Waals surface area contributed by atoms with Crippen molar-refractivity contribution in [3.05, 3.63) is 6.20 Å². The van der Waals surface area contributed by atoms with Gasteiger partial charge in [-0.25, -0.2) is 4.98 Å². The molecule has 0 unspecified atom stereocenters. The average Bonchev–Trinajstić information content (AvgIpc) is 2.45. The van der Waals surface area contributed by atoms with Gasteiger partial charge in [-0.05, 0) is 6.42 Å². The molecule has 0 aliphatic rings. The van der Waals surface area contributed by atoms with Gasteiger partial charge in [0, 0.05) is 19.5 Å². The van der Waals surface area contributed by atoms with Gasteiger partial charge in [0.1, 0.15) is 5.00 Å². The molecule has 0 radical (unpaired) electrons. The fraction of sp³-hybridized carbons (Fsp3) is 0.571. The third-order valence-corrected chi connectivity index (χ3v) is 3.29. The molecule has 0 bridgehead atoms. The van der Waals surface area contributed by atoms with Gasteiger partial charge in [0.2, 0.25) is 0 Å². The van der Waals surface area contributed by atoms with Crippen molar-refractivity contribution in [3.63, 3.8) is 0 Å². The summed E-state index contributed by atoms with van der Waals surface area (Å²) in [7, 11) is 1.71. The Morgan fingerprint density at radius 1 is 1.75 bits per heavy atom. The van der Waals surface area contributed by atoms with Crippen LogP contribution >= 0.6 is 23.1 Å². The van der Waals surface area contributed by atoms with Gasteiger partial charge in [-0.2, -0.15) is 0 Å². The SMILES string of the molecule is COCCCSc1ncc(N)s1. The van der Waals surface area contributed by atoms with Crippen LogP contribution in [0.4, 0.5) is 5.00 Å². The summed E-state index contributed by atoms with van der Waals surface area (Å²) >= 11 is 3.26. The summed E-state index contributed by atoms with van der Waals surface area (Å²) in [5.41, 5.74) is 5.53. The van der Waals surface area contributed by atoms with Crippen LogP contribution in [0.3, 0.4) is 0 Å². The number of anilines is 1. The molecular formula is C7H12N2OS2. The molecule has 1 aromatic heterocycles. The van der Waals surface area contributed by atoms with Crippen LogP contribution in [0.15, 0.2) is 10.5 Å². The maximum Gasteiger partial charge on any atom is 0.151 e. The Labute approximate surface area is 80.3 Å². The number of nitrogens with two attached hydrogens (primary N) is 1. The molecule has 1 aromatic rings. The molecule has 3 nitrogen and oxygen atoms in total. The van der Waals surface area contributed by atoms with Crippen molar-refractivity contribution in [3.8, 4) is 0 Å². The van der Waals surface area contributed by atoms with Crippen LogP contribution < -0.4 is 5.73 Å². The second-order valence-corrected chi connectivity index (χ2v) is 4.63. The van der Waals surface area contributed by atoms with Gasteiger partial charge in [-0.3, -0.25) is 0 Å². The summed E-state index contributed by atoms with van der Waals surface area (Å²) < 4.78 is 5.97. The summed E-state index contributed by atoms with van der Waals surface area (Å²) in [5.74, 6) is 1.04. The number of nitrogens with zero attached hydrogens (tertiary/aromatic N) is 1. The average molecular weight is 204 g/mol. The number of nitrogen functional groups attached to an aromatic ring is 1. The molecule has 0 atom stereocenters. The molecular weight excluding hydrogens is 192 g/mol. The predicted molar refractivity (Wildman–Crippen MR) is 53.7 cm³/mol. The number of hydrogen-bond donors (Lipinski definition) is 1. The standard InChI is InChI=1S/C7H12N2OS2/c1-10-3-2-4-11-7-9-5-6(8)12-7/h5H,2-4,8H2,1H3. The van der Waals surface area contributed by atoms with E-state index in [1.807, 2.05) is 0 Å². The third-order valence-electron chi connectivity index (χ3n) is 1.22. The van der Waals surface area contributed by atoms with Gasteiger partial charge in [0.25, 0.3) is 0 Å². The molecule has 68 valence electrons. The van der Waals surface area contributed by atoms with Gasteiger partial charge < -0.3 is 10.5 Å². The van der Waals surface area contributed by atoms with Gasteiger partial charge in [0.15, 0.2) is 4.34 Å². The van der Waals surface area contributed by atoms with Crippen molar-refractivity contribution in [1.82, 2.24) is 4.98 Å². The topological polar surface area (TPSA) is 48.1 Å². The number of thioether (sulfide) groups is 1. The highest BCUT2D eigenvalue weighted by atomic mass is 32.2. The highest BCUT2D eigenvalue weighted by molar-refractivity contribution is 8.01. The fourth-order valence-electron chi connectivity index (χ4n) is 0.699. The molecule has 1 heterocycles. The number of methoxy groups -OCH3 is 1. The van der Waals surface area contributed by atoms with E-state index in [9.17, 15) is 0 Å². The molecule has 0 fully saturated rings. The van der Waals surface area contributed by atoms with E-state index in [1.165, 1.54) is 11.3 Å². The first-order valence-corrected chi connectivity index (χ1v) is 5.46. The van der Waals surface area contributed by atoms with E-state index < -0.39 is 0 Å². The number of ether oxygens (including phenoxy) is 1. The Kier molecular flexibility index (Phi) is 4.42. The number of hydrogen-bond acceptors (Lipinski definition) is 5. The monoisotopic (exact) mass is 204 g/mol. The van der Waals surface area contributed by atoms with Gasteiger partial charge in [-0.15, -0.1) is 0 Å². The molecule has 0 saturated carbocycles. The van der Waals surface area contributed by atoms with Crippen LogP contribution in [-0.4, -0.2) is 24.5 Å². The molecule has 12 heavy (non-hydrogen) atoms. The van der Waals surface area contributed by atoms with E-state index in [4.69, 9.17) is 10.5 Å². The van der Waals surface area contributed by atoms with Crippen LogP contribution in [0.1, 0.15) is 6.42 Å². The summed E-state index contributed by atoms with van der Waals surface area (Å²) in [5, 5.41) is 0.782. The zero-order chi connectivity index (χ0) is 8.81. The maximum atomic E-state index is 5.53. The molecule has 0 aliphatic heterocycles. The highest BCUT2D eigenvalue weighted by Gasteiger charge is 1.98. The largest absolute Gasteiger partial charge is 0.389 e. The minimum absolute atomic E-state index is 0.782. The zero-order valence-electron chi connectivity index (χ0n) is 6.95. The van der Waals surface area contributed by atoms with Gasteiger partial charge in [0.05, 0.1) is 6.20 Å². The molecule has 5 heteroatoms. The van der Waals surface area contributed by atoms with Crippen LogP contribution in [0, 0.1) is 0 Å². The van der Waals surface area contributed by atoms with Crippen molar-refractivity contribution in [2.24, 2.45) is 0 Å². The van der Waals surface area contributed by atoms with Gasteiger partial charge in [-0.1, -0.05) is 23.1 Å². The second kappa shape index (κ2) is 5.40. The quantitative estimate of drug-likeness (QED) is 0.587. The first-order valence-electron chi connectivity index (χ1n) is 3.66. The van der Waals surface area contributed by atoms with Crippen LogP contribution in [0.5, 0.6) is 0 Å². The molecule has 1 rings (SSSR count). The van der Waals surface area contributed by atoms with E-state index in [2.05, 4.69) is 4.98 Å². The molecule has 0 amide bonds. The van der Waals surface area contributed by atoms with Crippen LogP contribution in [-0.2, 0) is 4.74 Å². The zero-order valence-corrected chi connectivity index (χ0v) is 8.58. The Hall–Kier alpha value is -0.260. The smallest absolute Gasteiger partial charge is 0.151 e. The second-order valence-electron chi connectivity index (χ2n) is 2.22. The lowest BCUT2D eigenvalue weighted by Gasteiger charge is -1.95. The fourth-order valence-corrected chi connectivity index (χ4v) is 2.45. The number of aromatic nitrogens is 1. The third kappa shape index (κ3) is 3.42. The van der Waals surface area contributed by atoms with Crippen LogP contribution in [0.25, 0.3) is 0 Å². The Morgan fingerprint density at radius 3 is 3.17 bits per heavy atom. The minimum Gasteiger partial charge on any atom is -0.389 e. The number of rotatable bonds is 5. The minimum atomic E-state index is 0.782. The first-order chi connectivity index (χ1) is 5.83. The van der Waals surface area contributed by atoms with Crippen molar-refractivity contribution in [2.45, 2.75) is 10.8 Å². The van der Waals surface area contributed by atoms with E-state index in [-0.39, 0.29) is 0 Å². The van der Waals surface area contributed by atoms with Crippen molar-refractivity contribution >= 4 is 28.1 Å². The summed E-state index contributed by atoms with van der Waals surface area (Å²) in [4.78, 5) is 4.13. The van der Waals surface area contributed by atoms with Gasteiger partial charge >= 0.3 is 0 Å². The van der Waals surface area contributed by atoms with E-state index in [0.717, 1.165) is 28.1 Å². The molecule has 0 aliphatic carbocycles. The van der Waals surface area contributed by atoms with E-state index >= 15 is 0 Å². The summed E-state index contributed by atoms with van der Waals surface area (Å²) in [6.07, 6.45) is 2.75. The van der Waals surface area contributed by atoms with Crippen molar-refractivity contribution in [1.29, 1.82) is 0 Å². The Balaban J connectivity index is 2.15. The Morgan fingerprint density at radius 2 is 2.58 bits per heavy atom. The normalized spacial score (nSPS) is 10.4. The van der Waals surface area contributed by atoms with E-state index in [1.54, 1.807) is 25.1 Å². The predicted octanol–water partition coefficient (Wildman–Crippen LogP) is 1.85. The van der Waals surface area contributed by atoms with Crippen molar-refractivity contribution < 1.29 is 4.74 Å². The summed E-state index contributed by atoms with van der Waals surface area (Å²) in [6.45, 7) is 0.813. The summed E-state index contributed by atoms with van der Waals surface area (Å²) in [6, 6.07) is 0. The highest BCUT2D eigenvalue weighted by Crippen LogP contribution is 2.25. The molecule has 0 saturated heterocycles. The first kappa shape index (κ1) is 9.83. The lowest BCUT2D eigenvalue weighted by molar-refractivity contribution is 0.200. The molecule has 0 spiro atoms. The lowest BCUT2D eigenvalue weighted by Crippen LogP contribution is -1.89. The Bertz CT molecular complexity index is 227. The maximum absolute atomic E-state index is 5.53. The lowest BCUT2D eigenvalue weighted by atomic mass is 10.5. The molecule has 2 N–H and O–H groups in total. The van der Waals surface area contributed by atoms with E-state index in [0.29, 0.717) is 0 Å². The number of thiazole rings is 1. The molecule has 0 aromatic carbocycles.